The normalized spacial score (nSPS) is 13.8. The van der Waals surface area contributed by atoms with Crippen LogP contribution in [0.4, 0.5) is 0 Å². The van der Waals surface area contributed by atoms with E-state index in [1.165, 1.54) is 11.3 Å². The molecule has 1 aliphatic rings. The van der Waals surface area contributed by atoms with Gasteiger partial charge in [0.1, 0.15) is 18.9 Å². The molecule has 0 saturated carbocycles. The van der Waals surface area contributed by atoms with Crippen molar-refractivity contribution in [2.24, 2.45) is 0 Å². The van der Waals surface area contributed by atoms with E-state index in [4.69, 9.17) is 18.6 Å². The van der Waals surface area contributed by atoms with Gasteiger partial charge in [-0.3, -0.25) is 0 Å². The van der Waals surface area contributed by atoms with Crippen molar-refractivity contribution in [1.82, 2.24) is 14.6 Å². The van der Waals surface area contributed by atoms with Gasteiger partial charge in [-0.1, -0.05) is 0 Å². The van der Waals surface area contributed by atoms with Crippen LogP contribution in [-0.2, 0) is 0 Å². The van der Waals surface area contributed by atoms with Crippen molar-refractivity contribution >= 4 is 43.2 Å². The molecule has 0 amide bonds. The quantitative estimate of drug-likeness (QED) is 0.503. The maximum absolute atomic E-state index is 6.02. The Bertz CT molecular complexity index is 1050. The topological polar surface area (TPSA) is 71.0 Å². The SMILES string of the molecule is COc1nn2cc(-c3cc4c(Br)cc5c(c4o3)OCCO5)nc2s1. The number of rotatable bonds is 2. The van der Waals surface area contributed by atoms with Crippen molar-refractivity contribution in [1.29, 1.82) is 0 Å². The van der Waals surface area contributed by atoms with Gasteiger partial charge in [0.15, 0.2) is 17.1 Å². The van der Waals surface area contributed by atoms with Crippen molar-refractivity contribution in [3.05, 3.63) is 22.8 Å². The van der Waals surface area contributed by atoms with Crippen LogP contribution < -0.4 is 14.2 Å². The monoisotopic (exact) mass is 407 g/mol. The second-order valence-corrected chi connectivity index (χ2v) is 6.93. The minimum Gasteiger partial charge on any atom is -0.486 e. The summed E-state index contributed by atoms with van der Waals surface area (Å²) in [5.41, 5.74) is 1.35. The predicted octanol–water partition coefficient (Wildman–Crippen LogP) is 3.75. The number of hydrogen-bond donors (Lipinski definition) is 0. The Morgan fingerprint density at radius 2 is 2.17 bits per heavy atom. The number of methoxy groups -OCH3 is 1. The van der Waals surface area contributed by atoms with E-state index in [1.807, 2.05) is 18.3 Å². The van der Waals surface area contributed by atoms with E-state index >= 15 is 0 Å². The molecule has 9 heteroatoms. The molecular weight excluding hydrogens is 398 g/mol. The van der Waals surface area contributed by atoms with Gasteiger partial charge < -0.3 is 18.6 Å². The molecule has 7 nitrogen and oxygen atoms in total. The zero-order valence-corrected chi connectivity index (χ0v) is 14.8. The van der Waals surface area contributed by atoms with Gasteiger partial charge in [-0.25, -0.2) is 9.50 Å². The van der Waals surface area contributed by atoms with Crippen molar-refractivity contribution in [2.75, 3.05) is 20.3 Å². The van der Waals surface area contributed by atoms with Crippen LogP contribution in [0.5, 0.6) is 16.7 Å². The summed E-state index contributed by atoms with van der Waals surface area (Å²) in [7, 11) is 1.58. The lowest BCUT2D eigenvalue weighted by Gasteiger charge is -2.18. The highest BCUT2D eigenvalue weighted by molar-refractivity contribution is 9.10. The van der Waals surface area contributed by atoms with Crippen molar-refractivity contribution in [2.45, 2.75) is 0 Å². The van der Waals surface area contributed by atoms with Gasteiger partial charge in [-0.2, -0.15) is 0 Å². The molecule has 0 unspecified atom stereocenters. The fourth-order valence-electron chi connectivity index (χ4n) is 2.66. The third-order valence-electron chi connectivity index (χ3n) is 3.72. The number of fused-ring (bicyclic) bond motifs is 4. The average molecular weight is 408 g/mol. The molecule has 0 radical (unpaired) electrons. The number of ether oxygens (including phenoxy) is 3. The van der Waals surface area contributed by atoms with Gasteiger partial charge in [0.05, 0.1) is 13.3 Å². The van der Waals surface area contributed by atoms with Crippen molar-refractivity contribution in [3.8, 4) is 28.1 Å². The van der Waals surface area contributed by atoms with Crippen LogP contribution >= 0.6 is 27.3 Å². The van der Waals surface area contributed by atoms with E-state index < -0.39 is 0 Å². The minimum atomic E-state index is 0.504. The van der Waals surface area contributed by atoms with Crippen LogP contribution in [0.1, 0.15) is 0 Å². The average Bonchev–Trinajstić information content (AvgIpc) is 3.27. The maximum atomic E-state index is 6.02. The molecule has 4 aromatic rings. The van der Waals surface area contributed by atoms with Crippen LogP contribution in [0.2, 0.25) is 0 Å². The number of furan rings is 1. The molecular formula is C15H10BrN3O4S. The third kappa shape index (κ3) is 2.01. The molecule has 0 atom stereocenters. The number of halogens is 1. The van der Waals surface area contributed by atoms with Gasteiger partial charge in [-0.05, 0) is 39.4 Å². The van der Waals surface area contributed by atoms with E-state index in [-0.39, 0.29) is 0 Å². The van der Waals surface area contributed by atoms with Gasteiger partial charge in [-0.15, -0.1) is 5.10 Å². The van der Waals surface area contributed by atoms with Crippen LogP contribution in [0, 0.1) is 0 Å². The molecule has 1 aromatic carbocycles. The molecule has 0 aliphatic carbocycles. The number of benzene rings is 1. The van der Waals surface area contributed by atoms with Gasteiger partial charge in [0.25, 0.3) is 5.19 Å². The van der Waals surface area contributed by atoms with E-state index in [1.54, 1.807) is 11.6 Å². The fourth-order valence-corrected chi connectivity index (χ4v) is 3.86. The van der Waals surface area contributed by atoms with E-state index in [0.717, 1.165) is 14.8 Å². The molecule has 0 saturated heterocycles. The molecule has 0 fully saturated rings. The Morgan fingerprint density at radius 3 is 3.00 bits per heavy atom. The lowest BCUT2D eigenvalue weighted by Crippen LogP contribution is -2.15. The lowest BCUT2D eigenvalue weighted by atomic mass is 10.2. The zero-order valence-electron chi connectivity index (χ0n) is 12.4. The highest BCUT2D eigenvalue weighted by atomic mass is 79.9. The number of hydrogen-bond acceptors (Lipinski definition) is 7. The first-order chi connectivity index (χ1) is 11.7. The highest BCUT2D eigenvalue weighted by Gasteiger charge is 2.23. The van der Waals surface area contributed by atoms with Crippen LogP contribution in [-0.4, -0.2) is 34.9 Å². The molecule has 0 N–H and O–H groups in total. The first-order valence-electron chi connectivity index (χ1n) is 7.15. The summed E-state index contributed by atoms with van der Waals surface area (Å²) < 4.78 is 25.1. The Kier molecular flexibility index (Phi) is 3.01. The highest BCUT2D eigenvalue weighted by Crippen LogP contribution is 2.44. The standard InChI is InChI=1S/C15H10BrN3O4S/c1-20-15-18-19-6-9(17-14(19)24-15)10-4-7-8(16)5-11-13(12(7)23-10)22-3-2-21-11/h4-6H,2-3H2,1H3. The van der Waals surface area contributed by atoms with Crippen LogP contribution in [0.25, 0.3) is 27.4 Å². The van der Waals surface area contributed by atoms with Crippen LogP contribution in [0.3, 0.4) is 0 Å². The van der Waals surface area contributed by atoms with Crippen molar-refractivity contribution in [3.63, 3.8) is 0 Å². The van der Waals surface area contributed by atoms with E-state index in [9.17, 15) is 0 Å². The summed E-state index contributed by atoms with van der Waals surface area (Å²) in [6.45, 7) is 1.03. The summed E-state index contributed by atoms with van der Waals surface area (Å²) in [6.07, 6.45) is 1.81. The summed E-state index contributed by atoms with van der Waals surface area (Å²) in [6, 6.07) is 3.83. The molecule has 24 heavy (non-hydrogen) atoms. The molecule has 3 aromatic heterocycles. The van der Waals surface area contributed by atoms with Gasteiger partial charge >= 0.3 is 0 Å². The smallest absolute Gasteiger partial charge is 0.294 e. The summed E-state index contributed by atoms with van der Waals surface area (Å²) in [5, 5.41) is 5.75. The van der Waals surface area contributed by atoms with E-state index in [2.05, 4.69) is 26.0 Å². The number of nitrogens with zero attached hydrogens (tertiary/aromatic N) is 3. The molecule has 1 aliphatic heterocycles. The Labute approximate surface area is 147 Å². The van der Waals surface area contributed by atoms with E-state index in [0.29, 0.717) is 46.9 Å². The predicted molar refractivity (Wildman–Crippen MR) is 91.3 cm³/mol. The maximum Gasteiger partial charge on any atom is 0.294 e. The van der Waals surface area contributed by atoms with Crippen LogP contribution in [0.15, 0.2) is 27.2 Å². The molecule has 0 spiro atoms. The largest absolute Gasteiger partial charge is 0.486 e. The summed E-state index contributed by atoms with van der Waals surface area (Å²) in [5.74, 6) is 1.95. The second-order valence-electron chi connectivity index (χ2n) is 5.16. The zero-order chi connectivity index (χ0) is 16.3. The molecule has 5 rings (SSSR count). The molecule has 122 valence electrons. The second kappa shape index (κ2) is 5.12. The Balaban J connectivity index is 1.68. The molecule has 4 heterocycles. The Morgan fingerprint density at radius 1 is 1.29 bits per heavy atom. The van der Waals surface area contributed by atoms with Crippen molar-refractivity contribution < 1.29 is 18.6 Å². The summed E-state index contributed by atoms with van der Waals surface area (Å²) >= 11 is 4.93. The van der Waals surface area contributed by atoms with Gasteiger partial charge in [0.2, 0.25) is 10.7 Å². The summed E-state index contributed by atoms with van der Waals surface area (Å²) in [4.78, 5) is 5.29. The fraction of sp³-hybridized carbons (Fsp3) is 0.200. The molecule has 0 bridgehead atoms. The Hall–Kier alpha value is -2.26. The lowest BCUT2D eigenvalue weighted by molar-refractivity contribution is 0.172. The minimum absolute atomic E-state index is 0.504. The first kappa shape index (κ1) is 14.1. The third-order valence-corrected chi connectivity index (χ3v) is 5.26. The number of imidazole rings is 1. The first-order valence-corrected chi connectivity index (χ1v) is 8.76. The number of aromatic nitrogens is 3. The van der Waals surface area contributed by atoms with Gasteiger partial charge in [0, 0.05) is 9.86 Å².